The van der Waals surface area contributed by atoms with E-state index in [-0.39, 0.29) is 11.8 Å². The minimum atomic E-state index is -0.375. The minimum absolute atomic E-state index is 0.370. The Morgan fingerprint density at radius 3 is 2.00 bits per heavy atom. The number of ether oxygens (including phenoxy) is 1. The van der Waals surface area contributed by atoms with Crippen molar-refractivity contribution in [3.63, 3.8) is 0 Å². The predicted molar refractivity (Wildman–Crippen MR) is 111 cm³/mol. The lowest BCUT2D eigenvalue weighted by molar-refractivity contribution is 0.0880. The fourth-order valence-electron chi connectivity index (χ4n) is 4.29. The third-order valence-electron chi connectivity index (χ3n) is 5.45. The molecule has 5 aromatic rings. The molecule has 2 aromatic heterocycles. The lowest BCUT2D eigenvalue weighted by atomic mass is 9.97. The van der Waals surface area contributed by atoms with Gasteiger partial charge in [0.25, 0.3) is 11.8 Å². The highest BCUT2D eigenvalue weighted by molar-refractivity contribution is 9.10. The summed E-state index contributed by atoms with van der Waals surface area (Å²) in [4.78, 5) is 32.4. The zero-order chi connectivity index (χ0) is 19.2. The van der Waals surface area contributed by atoms with Crippen LogP contribution in [0.25, 0.3) is 43.6 Å². The minimum Gasteiger partial charge on any atom is -0.497 e. The van der Waals surface area contributed by atoms with Crippen LogP contribution < -0.4 is 10.1 Å². The van der Waals surface area contributed by atoms with E-state index in [2.05, 4.69) is 31.2 Å². The Kier molecular flexibility index (Phi) is 2.88. The van der Waals surface area contributed by atoms with Gasteiger partial charge in [-0.3, -0.25) is 14.9 Å². The molecule has 0 atom stereocenters. The number of amides is 2. The van der Waals surface area contributed by atoms with Gasteiger partial charge in [0.15, 0.2) is 0 Å². The monoisotopic (exact) mass is 433 g/mol. The van der Waals surface area contributed by atoms with Gasteiger partial charge >= 0.3 is 0 Å². The molecule has 2 amide bonds. The van der Waals surface area contributed by atoms with Gasteiger partial charge in [-0.1, -0.05) is 15.9 Å². The Hall–Kier alpha value is -3.32. The van der Waals surface area contributed by atoms with Crippen LogP contribution in [-0.2, 0) is 0 Å². The fraction of sp³-hybridized carbons (Fsp3) is 0.0476. The van der Waals surface area contributed by atoms with Crippen LogP contribution in [0.4, 0.5) is 0 Å². The van der Waals surface area contributed by atoms with E-state index in [1.807, 2.05) is 36.4 Å². The molecule has 0 saturated heterocycles. The van der Waals surface area contributed by atoms with E-state index < -0.39 is 0 Å². The molecule has 3 N–H and O–H groups in total. The largest absolute Gasteiger partial charge is 0.497 e. The van der Waals surface area contributed by atoms with E-state index in [9.17, 15) is 9.59 Å². The molecule has 7 heteroatoms. The highest BCUT2D eigenvalue weighted by Crippen LogP contribution is 2.42. The van der Waals surface area contributed by atoms with Crippen molar-refractivity contribution in [2.45, 2.75) is 0 Å². The maximum atomic E-state index is 12.8. The van der Waals surface area contributed by atoms with Gasteiger partial charge in [-0.25, -0.2) is 0 Å². The zero-order valence-electron chi connectivity index (χ0n) is 14.6. The molecule has 3 heterocycles. The van der Waals surface area contributed by atoms with Gasteiger partial charge in [0.2, 0.25) is 0 Å². The highest BCUT2D eigenvalue weighted by atomic mass is 79.9. The molecule has 1 aliphatic rings. The van der Waals surface area contributed by atoms with E-state index in [1.54, 1.807) is 7.11 Å². The molecule has 1 aliphatic heterocycles. The smallest absolute Gasteiger partial charge is 0.259 e. The number of hydrogen-bond acceptors (Lipinski definition) is 3. The molecule has 0 radical (unpaired) electrons. The molecule has 0 fully saturated rings. The number of H-pyrrole nitrogens is 2. The lowest BCUT2D eigenvalue weighted by Gasteiger charge is -2.03. The number of halogens is 1. The van der Waals surface area contributed by atoms with Crippen molar-refractivity contribution in [3.8, 4) is 5.75 Å². The molecule has 0 bridgehead atoms. The summed E-state index contributed by atoms with van der Waals surface area (Å²) >= 11 is 3.50. The first kappa shape index (κ1) is 15.7. The van der Waals surface area contributed by atoms with Gasteiger partial charge in [0.05, 0.1) is 29.3 Å². The second-order valence-electron chi connectivity index (χ2n) is 6.88. The third kappa shape index (κ3) is 1.81. The van der Waals surface area contributed by atoms with Crippen LogP contribution >= 0.6 is 15.9 Å². The standard InChI is InChI=1S/C21H12BrN3O3/c1-28-9-3-5-13-11(7-9)15-17-16(20(26)25-21(17)27)14-10-6-8(22)2-4-12(10)23-18(14)19(15)24-13/h2-7,23-24H,1H3,(H,25,26,27). The molecule has 0 spiro atoms. The second kappa shape index (κ2) is 5.14. The van der Waals surface area contributed by atoms with Gasteiger partial charge in [-0.15, -0.1) is 0 Å². The molecule has 0 aliphatic carbocycles. The molecule has 6 rings (SSSR count). The summed E-state index contributed by atoms with van der Waals surface area (Å²) in [5.74, 6) is -0.0578. The Morgan fingerprint density at radius 2 is 1.39 bits per heavy atom. The van der Waals surface area contributed by atoms with Crippen molar-refractivity contribution in [2.24, 2.45) is 0 Å². The van der Waals surface area contributed by atoms with Crippen molar-refractivity contribution in [1.82, 2.24) is 15.3 Å². The number of aromatic amines is 2. The van der Waals surface area contributed by atoms with Crippen LogP contribution in [0.1, 0.15) is 20.7 Å². The van der Waals surface area contributed by atoms with Crippen molar-refractivity contribution < 1.29 is 14.3 Å². The first-order chi connectivity index (χ1) is 13.6. The molecule has 3 aromatic carbocycles. The summed E-state index contributed by atoms with van der Waals surface area (Å²) in [6.07, 6.45) is 0. The van der Waals surface area contributed by atoms with Gasteiger partial charge in [-0.2, -0.15) is 0 Å². The number of carbonyl (C=O) groups is 2. The van der Waals surface area contributed by atoms with Crippen LogP contribution in [0.2, 0.25) is 0 Å². The van der Waals surface area contributed by atoms with E-state index >= 15 is 0 Å². The number of fused-ring (bicyclic) bond motifs is 10. The number of hydrogen-bond donors (Lipinski definition) is 3. The predicted octanol–water partition coefficient (Wildman–Crippen LogP) is 4.61. The average Bonchev–Trinajstić information content (AvgIpc) is 3.32. The van der Waals surface area contributed by atoms with E-state index in [0.29, 0.717) is 16.9 Å². The molecule has 0 unspecified atom stereocenters. The Morgan fingerprint density at radius 1 is 0.821 bits per heavy atom. The Bertz CT molecular complexity index is 1530. The summed E-state index contributed by atoms with van der Waals surface area (Å²) in [6, 6.07) is 11.5. The normalized spacial score (nSPS) is 13.8. The SMILES string of the molecule is COc1ccc2[nH]c3c4[nH]c5ccc(Br)cc5c4c4c(c3c2c1)C(=O)NC4=O. The quantitative estimate of drug-likeness (QED) is 0.337. The Labute approximate surface area is 166 Å². The first-order valence-electron chi connectivity index (χ1n) is 8.69. The summed E-state index contributed by atoms with van der Waals surface area (Å²) < 4.78 is 6.27. The van der Waals surface area contributed by atoms with Gasteiger partial charge in [-0.05, 0) is 36.4 Å². The maximum absolute atomic E-state index is 12.8. The number of carbonyl (C=O) groups excluding carboxylic acids is 2. The maximum Gasteiger partial charge on any atom is 0.259 e. The number of imide groups is 1. The highest BCUT2D eigenvalue weighted by Gasteiger charge is 2.34. The number of methoxy groups -OCH3 is 1. The average molecular weight is 434 g/mol. The molecular formula is C21H12BrN3O3. The Balaban J connectivity index is 1.95. The van der Waals surface area contributed by atoms with Crippen molar-refractivity contribution in [3.05, 3.63) is 52.0 Å². The molecule has 136 valence electrons. The van der Waals surface area contributed by atoms with Gasteiger partial charge in [0.1, 0.15) is 5.75 Å². The summed E-state index contributed by atoms with van der Waals surface area (Å²) in [7, 11) is 1.60. The fourth-order valence-corrected chi connectivity index (χ4v) is 4.65. The topological polar surface area (TPSA) is 87.0 Å². The zero-order valence-corrected chi connectivity index (χ0v) is 16.2. The van der Waals surface area contributed by atoms with Gasteiger partial charge in [0, 0.05) is 37.1 Å². The third-order valence-corrected chi connectivity index (χ3v) is 5.94. The summed E-state index contributed by atoms with van der Waals surface area (Å²) in [6.45, 7) is 0. The van der Waals surface area contributed by atoms with E-state index in [0.717, 1.165) is 48.1 Å². The van der Waals surface area contributed by atoms with Crippen molar-refractivity contribution in [1.29, 1.82) is 0 Å². The molecule has 6 nitrogen and oxygen atoms in total. The van der Waals surface area contributed by atoms with Crippen LogP contribution in [0, 0.1) is 0 Å². The number of rotatable bonds is 1. The number of benzene rings is 3. The number of aromatic nitrogens is 2. The van der Waals surface area contributed by atoms with Crippen molar-refractivity contribution >= 4 is 71.4 Å². The second-order valence-corrected chi connectivity index (χ2v) is 7.80. The van der Waals surface area contributed by atoms with Crippen LogP contribution in [0.15, 0.2) is 40.9 Å². The van der Waals surface area contributed by atoms with Crippen LogP contribution in [0.5, 0.6) is 5.75 Å². The molecular weight excluding hydrogens is 422 g/mol. The summed E-state index contributed by atoms with van der Waals surface area (Å²) in [5.41, 5.74) is 4.21. The number of nitrogens with one attached hydrogen (secondary N) is 3. The van der Waals surface area contributed by atoms with Gasteiger partial charge < -0.3 is 14.7 Å². The first-order valence-corrected chi connectivity index (χ1v) is 9.48. The lowest BCUT2D eigenvalue weighted by Crippen LogP contribution is -2.20. The summed E-state index contributed by atoms with van der Waals surface area (Å²) in [5, 5.41) is 5.68. The molecule has 28 heavy (non-hydrogen) atoms. The van der Waals surface area contributed by atoms with E-state index in [1.165, 1.54) is 0 Å². The molecule has 0 saturated carbocycles. The van der Waals surface area contributed by atoms with Crippen LogP contribution in [-0.4, -0.2) is 28.9 Å². The van der Waals surface area contributed by atoms with E-state index in [4.69, 9.17) is 4.74 Å². The van der Waals surface area contributed by atoms with Crippen LogP contribution in [0.3, 0.4) is 0 Å². The van der Waals surface area contributed by atoms with Crippen molar-refractivity contribution in [2.75, 3.05) is 7.11 Å².